The molecule has 1 rings (SSSR count). The summed E-state index contributed by atoms with van der Waals surface area (Å²) in [5.41, 5.74) is 0.830. The van der Waals surface area contributed by atoms with Gasteiger partial charge in [-0.15, -0.1) is 0 Å². The lowest BCUT2D eigenvalue weighted by atomic mass is 10.5. The number of aliphatic hydroxyl groups is 1. The Bertz CT molecular complexity index is 240. The molecule has 0 saturated carbocycles. The summed E-state index contributed by atoms with van der Waals surface area (Å²) in [6.07, 6.45) is 3.85. The van der Waals surface area contributed by atoms with E-state index < -0.39 is 0 Å². The van der Waals surface area contributed by atoms with Crippen LogP contribution in [0.2, 0.25) is 0 Å². The predicted molar refractivity (Wildman–Crippen MR) is 44.0 cm³/mol. The number of nitrogens with zero attached hydrogens (tertiary/aromatic N) is 2. The molecule has 66 valence electrons. The Morgan fingerprint density at radius 2 is 2.33 bits per heavy atom. The standard InChI is InChI=1S/C8H12N2O2/c1-7-5-9-6-8(10-7)12-4-2-3-11/h5-6,11H,2-4H2,1H3. The van der Waals surface area contributed by atoms with Crippen LogP contribution in [-0.2, 0) is 0 Å². The van der Waals surface area contributed by atoms with Gasteiger partial charge in [-0.3, -0.25) is 4.98 Å². The van der Waals surface area contributed by atoms with Gasteiger partial charge in [0.15, 0.2) is 0 Å². The van der Waals surface area contributed by atoms with Gasteiger partial charge < -0.3 is 9.84 Å². The van der Waals surface area contributed by atoms with Crippen molar-refractivity contribution in [3.05, 3.63) is 18.1 Å². The van der Waals surface area contributed by atoms with Gasteiger partial charge in [-0.1, -0.05) is 0 Å². The molecule has 0 unspecified atom stereocenters. The zero-order valence-corrected chi connectivity index (χ0v) is 7.03. The third-order valence-corrected chi connectivity index (χ3v) is 1.29. The van der Waals surface area contributed by atoms with Crippen LogP contribution in [0.4, 0.5) is 0 Å². The molecule has 0 radical (unpaired) electrons. The Labute approximate surface area is 71.2 Å². The SMILES string of the molecule is Cc1cncc(OCCCO)n1. The van der Waals surface area contributed by atoms with Crippen molar-refractivity contribution in [1.82, 2.24) is 9.97 Å². The second kappa shape index (κ2) is 4.66. The molecular weight excluding hydrogens is 156 g/mol. The Kier molecular flexibility index (Phi) is 3.47. The van der Waals surface area contributed by atoms with E-state index in [1.807, 2.05) is 6.92 Å². The van der Waals surface area contributed by atoms with Crippen molar-refractivity contribution in [2.24, 2.45) is 0 Å². The number of aryl methyl sites for hydroxylation is 1. The van der Waals surface area contributed by atoms with E-state index in [0.29, 0.717) is 18.9 Å². The Balaban J connectivity index is 2.41. The van der Waals surface area contributed by atoms with Crippen LogP contribution in [0.5, 0.6) is 5.88 Å². The van der Waals surface area contributed by atoms with Crippen LogP contribution in [0.1, 0.15) is 12.1 Å². The van der Waals surface area contributed by atoms with E-state index in [4.69, 9.17) is 9.84 Å². The monoisotopic (exact) mass is 168 g/mol. The summed E-state index contributed by atoms with van der Waals surface area (Å²) >= 11 is 0. The number of aliphatic hydroxyl groups excluding tert-OH is 1. The van der Waals surface area contributed by atoms with E-state index in [0.717, 1.165) is 5.69 Å². The number of ether oxygens (including phenoxy) is 1. The molecule has 0 aliphatic heterocycles. The van der Waals surface area contributed by atoms with E-state index >= 15 is 0 Å². The van der Waals surface area contributed by atoms with E-state index in [1.54, 1.807) is 12.4 Å². The highest BCUT2D eigenvalue weighted by molar-refractivity contribution is 5.06. The average molecular weight is 168 g/mol. The third-order valence-electron chi connectivity index (χ3n) is 1.29. The molecule has 4 nitrogen and oxygen atoms in total. The summed E-state index contributed by atoms with van der Waals surface area (Å²) in [5, 5.41) is 8.48. The van der Waals surface area contributed by atoms with Crippen molar-refractivity contribution in [2.45, 2.75) is 13.3 Å². The van der Waals surface area contributed by atoms with Crippen LogP contribution in [0.15, 0.2) is 12.4 Å². The maximum Gasteiger partial charge on any atom is 0.232 e. The van der Waals surface area contributed by atoms with Crippen molar-refractivity contribution >= 4 is 0 Å². The number of hydrogen-bond donors (Lipinski definition) is 1. The van der Waals surface area contributed by atoms with Gasteiger partial charge in [-0.05, 0) is 6.92 Å². The molecule has 0 aliphatic rings. The molecule has 1 aromatic heterocycles. The van der Waals surface area contributed by atoms with E-state index in [2.05, 4.69) is 9.97 Å². The van der Waals surface area contributed by atoms with Gasteiger partial charge >= 0.3 is 0 Å². The molecule has 0 spiro atoms. The second-order valence-electron chi connectivity index (χ2n) is 2.42. The summed E-state index contributed by atoms with van der Waals surface area (Å²) < 4.78 is 5.19. The third kappa shape index (κ3) is 2.84. The number of aromatic nitrogens is 2. The van der Waals surface area contributed by atoms with Crippen LogP contribution >= 0.6 is 0 Å². The Morgan fingerprint density at radius 1 is 1.50 bits per heavy atom. The summed E-state index contributed by atoms with van der Waals surface area (Å²) in [6.45, 7) is 2.47. The predicted octanol–water partition coefficient (Wildman–Crippen LogP) is 0.546. The zero-order valence-electron chi connectivity index (χ0n) is 7.03. The minimum absolute atomic E-state index is 0.138. The zero-order chi connectivity index (χ0) is 8.81. The van der Waals surface area contributed by atoms with Crippen molar-refractivity contribution in [3.8, 4) is 5.88 Å². The largest absolute Gasteiger partial charge is 0.476 e. The van der Waals surface area contributed by atoms with Crippen molar-refractivity contribution in [3.63, 3.8) is 0 Å². The van der Waals surface area contributed by atoms with Crippen LogP contribution in [0.3, 0.4) is 0 Å². The highest BCUT2D eigenvalue weighted by Crippen LogP contribution is 2.03. The van der Waals surface area contributed by atoms with Crippen molar-refractivity contribution in [2.75, 3.05) is 13.2 Å². The topological polar surface area (TPSA) is 55.2 Å². The first-order chi connectivity index (χ1) is 5.83. The minimum atomic E-state index is 0.138. The fraction of sp³-hybridized carbons (Fsp3) is 0.500. The molecule has 0 aliphatic carbocycles. The molecular formula is C8H12N2O2. The lowest BCUT2D eigenvalue weighted by Gasteiger charge is -2.02. The van der Waals surface area contributed by atoms with Gasteiger partial charge in [0.1, 0.15) is 0 Å². The summed E-state index contributed by atoms with van der Waals surface area (Å²) in [7, 11) is 0. The van der Waals surface area contributed by atoms with Crippen LogP contribution in [0.25, 0.3) is 0 Å². The van der Waals surface area contributed by atoms with Crippen molar-refractivity contribution < 1.29 is 9.84 Å². The maximum absolute atomic E-state index is 8.48. The number of hydrogen-bond acceptors (Lipinski definition) is 4. The highest BCUT2D eigenvalue weighted by Gasteiger charge is 1.94. The molecule has 0 aromatic carbocycles. The van der Waals surface area contributed by atoms with Gasteiger partial charge in [0.05, 0.1) is 18.5 Å². The van der Waals surface area contributed by atoms with Gasteiger partial charge in [0.2, 0.25) is 5.88 Å². The molecule has 1 heterocycles. The number of rotatable bonds is 4. The van der Waals surface area contributed by atoms with E-state index in [1.165, 1.54) is 0 Å². The molecule has 4 heteroatoms. The van der Waals surface area contributed by atoms with E-state index in [9.17, 15) is 0 Å². The lowest BCUT2D eigenvalue weighted by Crippen LogP contribution is -2.01. The van der Waals surface area contributed by atoms with Crippen LogP contribution in [0, 0.1) is 6.92 Å². The maximum atomic E-state index is 8.48. The Morgan fingerprint density at radius 3 is 3.00 bits per heavy atom. The van der Waals surface area contributed by atoms with Gasteiger partial charge in [-0.25, -0.2) is 4.98 Å². The summed E-state index contributed by atoms with van der Waals surface area (Å²) in [4.78, 5) is 7.99. The summed E-state index contributed by atoms with van der Waals surface area (Å²) in [6, 6.07) is 0. The minimum Gasteiger partial charge on any atom is -0.476 e. The highest BCUT2D eigenvalue weighted by atomic mass is 16.5. The van der Waals surface area contributed by atoms with E-state index in [-0.39, 0.29) is 6.61 Å². The molecule has 12 heavy (non-hydrogen) atoms. The first-order valence-corrected chi connectivity index (χ1v) is 3.85. The first kappa shape index (κ1) is 8.93. The van der Waals surface area contributed by atoms with Gasteiger partial charge in [0, 0.05) is 19.2 Å². The Hall–Kier alpha value is -1.16. The van der Waals surface area contributed by atoms with Gasteiger partial charge in [-0.2, -0.15) is 0 Å². The fourth-order valence-electron chi connectivity index (χ4n) is 0.751. The molecule has 1 aromatic rings. The van der Waals surface area contributed by atoms with Crippen molar-refractivity contribution in [1.29, 1.82) is 0 Å². The lowest BCUT2D eigenvalue weighted by molar-refractivity contribution is 0.228. The molecule has 1 N–H and O–H groups in total. The molecule has 0 bridgehead atoms. The fourth-order valence-corrected chi connectivity index (χ4v) is 0.751. The molecule has 0 atom stereocenters. The second-order valence-corrected chi connectivity index (χ2v) is 2.42. The quantitative estimate of drug-likeness (QED) is 0.667. The average Bonchev–Trinajstić information content (AvgIpc) is 2.05. The molecule has 0 saturated heterocycles. The van der Waals surface area contributed by atoms with Crippen LogP contribution < -0.4 is 4.74 Å². The van der Waals surface area contributed by atoms with Crippen LogP contribution in [-0.4, -0.2) is 28.3 Å². The summed E-state index contributed by atoms with van der Waals surface area (Å²) in [5.74, 6) is 0.517. The van der Waals surface area contributed by atoms with Gasteiger partial charge in [0.25, 0.3) is 0 Å². The smallest absolute Gasteiger partial charge is 0.232 e. The molecule has 0 fully saturated rings. The molecule has 0 amide bonds. The normalized spacial score (nSPS) is 9.83. The first-order valence-electron chi connectivity index (χ1n) is 3.85.